The molecular formula is C13H15N3O3S. The maximum absolute atomic E-state index is 11.5. The van der Waals surface area contributed by atoms with Crippen molar-refractivity contribution in [3.8, 4) is 10.8 Å². The summed E-state index contributed by atoms with van der Waals surface area (Å²) in [5, 5.41) is 7.11. The van der Waals surface area contributed by atoms with Crippen LogP contribution in [0.15, 0.2) is 28.2 Å². The Bertz CT molecular complexity index is 577. The van der Waals surface area contributed by atoms with E-state index in [9.17, 15) is 9.59 Å². The molecule has 0 aromatic carbocycles. The lowest BCUT2D eigenvalue weighted by molar-refractivity contribution is -0.126. The number of rotatable bonds is 6. The Kier molecular flexibility index (Phi) is 4.89. The average Bonchev–Trinajstić information content (AvgIpc) is 3.12. The van der Waals surface area contributed by atoms with Crippen molar-refractivity contribution < 1.29 is 14.0 Å². The van der Waals surface area contributed by atoms with Crippen LogP contribution in [-0.2, 0) is 16.1 Å². The van der Waals surface area contributed by atoms with E-state index in [2.05, 4.69) is 15.6 Å². The van der Waals surface area contributed by atoms with Crippen LogP contribution in [0.3, 0.4) is 0 Å². The van der Waals surface area contributed by atoms with Crippen LogP contribution in [0.4, 0.5) is 0 Å². The largest absolute Gasteiger partial charge is 0.443 e. The number of amides is 2. The van der Waals surface area contributed by atoms with Gasteiger partial charge in [0, 0.05) is 6.42 Å². The first-order valence-electron chi connectivity index (χ1n) is 6.20. The molecule has 2 aromatic rings. The zero-order valence-corrected chi connectivity index (χ0v) is 11.8. The number of hydrogen-bond acceptors (Lipinski definition) is 5. The lowest BCUT2D eigenvalue weighted by Crippen LogP contribution is -2.36. The number of hydrogen-bond donors (Lipinski definition) is 2. The highest BCUT2D eigenvalue weighted by atomic mass is 32.1. The first-order valence-corrected chi connectivity index (χ1v) is 7.08. The molecule has 0 aliphatic carbocycles. The molecule has 2 amide bonds. The summed E-state index contributed by atoms with van der Waals surface area (Å²) in [5.74, 6) is 0.137. The van der Waals surface area contributed by atoms with E-state index in [0.717, 1.165) is 4.88 Å². The molecule has 0 aliphatic rings. The molecule has 0 atom stereocenters. The van der Waals surface area contributed by atoms with Gasteiger partial charge in [-0.25, -0.2) is 4.98 Å². The van der Waals surface area contributed by atoms with Crippen molar-refractivity contribution in [1.29, 1.82) is 0 Å². The molecular weight excluding hydrogens is 278 g/mol. The summed E-state index contributed by atoms with van der Waals surface area (Å²) in [6.07, 6.45) is 1.88. The van der Waals surface area contributed by atoms with Crippen molar-refractivity contribution in [1.82, 2.24) is 15.6 Å². The molecule has 2 N–H and O–H groups in total. The highest BCUT2D eigenvalue weighted by molar-refractivity contribution is 7.13. The van der Waals surface area contributed by atoms with E-state index >= 15 is 0 Å². The summed E-state index contributed by atoms with van der Waals surface area (Å²) in [4.78, 5) is 27.7. The summed E-state index contributed by atoms with van der Waals surface area (Å²) in [6.45, 7) is 1.98. The highest BCUT2D eigenvalue weighted by Gasteiger charge is 2.09. The van der Waals surface area contributed by atoms with Crippen molar-refractivity contribution in [2.75, 3.05) is 6.54 Å². The fourth-order valence-corrected chi connectivity index (χ4v) is 2.11. The van der Waals surface area contributed by atoms with Crippen LogP contribution >= 0.6 is 11.3 Å². The molecule has 6 nitrogen and oxygen atoms in total. The molecule has 0 fully saturated rings. The predicted molar refractivity (Wildman–Crippen MR) is 75.0 cm³/mol. The highest BCUT2D eigenvalue weighted by Crippen LogP contribution is 2.23. The molecule has 2 rings (SSSR count). The molecule has 0 bridgehead atoms. The van der Waals surface area contributed by atoms with Crippen LogP contribution in [0.5, 0.6) is 0 Å². The van der Waals surface area contributed by atoms with Gasteiger partial charge in [-0.1, -0.05) is 13.0 Å². The van der Waals surface area contributed by atoms with Gasteiger partial charge in [0.25, 0.3) is 0 Å². The SMILES string of the molecule is CCC(=O)NCC(=O)NCc1coc(-c2cccs2)n1. The van der Waals surface area contributed by atoms with Gasteiger partial charge in [-0.05, 0) is 11.4 Å². The fourth-order valence-electron chi connectivity index (χ4n) is 1.46. The third kappa shape index (κ3) is 3.92. The third-order valence-electron chi connectivity index (χ3n) is 2.52. The molecule has 0 unspecified atom stereocenters. The van der Waals surface area contributed by atoms with Crippen molar-refractivity contribution in [3.05, 3.63) is 29.5 Å². The average molecular weight is 293 g/mol. The van der Waals surface area contributed by atoms with Gasteiger partial charge in [0.1, 0.15) is 6.26 Å². The maximum Gasteiger partial charge on any atom is 0.239 e. The Labute approximate surface area is 120 Å². The number of thiophene rings is 1. The Morgan fingerprint density at radius 2 is 2.20 bits per heavy atom. The summed E-state index contributed by atoms with van der Waals surface area (Å²) >= 11 is 1.54. The zero-order chi connectivity index (χ0) is 14.4. The Hall–Kier alpha value is -2.15. The second-order valence-corrected chi connectivity index (χ2v) is 4.98. The number of nitrogens with zero attached hydrogens (tertiary/aromatic N) is 1. The van der Waals surface area contributed by atoms with Crippen LogP contribution in [0.1, 0.15) is 19.0 Å². The summed E-state index contributed by atoms with van der Waals surface area (Å²) in [7, 11) is 0. The molecule has 2 aromatic heterocycles. The predicted octanol–water partition coefficient (Wildman–Crippen LogP) is 1.55. The number of carbonyl (C=O) groups excluding carboxylic acids is 2. The Balaban J connectivity index is 1.80. The maximum atomic E-state index is 11.5. The molecule has 0 aliphatic heterocycles. The van der Waals surface area contributed by atoms with E-state index in [-0.39, 0.29) is 24.9 Å². The van der Waals surface area contributed by atoms with Crippen molar-refractivity contribution in [2.45, 2.75) is 19.9 Å². The van der Waals surface area contributed by atoms with Gasteiger partial charge in [-0.2, -0.15) is 0 Å². The quantitative estimate of drug-likeness (QED) is 0.846. The lowest BCUT2D eigenvalue weighted by atomic mass is 10.4. The molecule has 0 saturated heterocycles. The third-order valence-corrected chi connectivity index (χ3v) is 3.38. The van der Waals surface area contributed by atoms with Crippen molar-refractivity contribution >= 4 is 23.2 Å². The number of aromatic nitrogens is 1. The summed E-state index contributed by atoms with van der Waals surface area (Å²) in [5.41, 5.74) is 0.642. The monoisotopic (exact) mass is 293 g/mol. The minimum Gasteiger partial charge on any atom is -0.443 e. The van der Waals surface area contributed by atoms with E-state index < -0.39 is 0 Å². The minimum atomic E-state index is -0.257. The second kappa shape index (κ2) is 6.85. The second-order valence-electron chi connectivity index (χ2n) is 4.03. The molecule has 0 radical (unpaired) electrons. The fraction of sp³-hybridized carbons (Fsp3) is 0.308. The van der Waals surface area contributed by atoms with Gasteiger partial charge in [0.15, 0.2) is 0 Å². The van der Waals surface area contributed by atoms with Crippen LogP contribution in [0, 0.1) is 0 Å². The van der Waals surface area contributed by atoms with Crippen molar-refractivity contribution in [2.24, 2.45) is 0 Å². The standard InChI is InChI=1S/C13H15N3O3S/c1-2-11(17)15-7-12(18)14-6-9-8-19-13(16-9)10-4-3-5-20-10/h3-5,8H,2,6-7H2,1H3,(H,14,18)(H,15,17). The summed E-state index contributed by atoms with van der Waals surface area (Å²) in [6, 6.07) is 3.83. The van der Waals surface area contributed by atoms with Gasteiger partial charge < -0.3 is 15.1 Å². The van der Waals surface area contributed by atoms with Gasteiger partial charge in [0.05, 0.1) is 23.7 Å². The van der Waals surface area contributed by atoms with Crippen LogP contribution < -0.4 is 10.6 Å². The van der Waals surface area contributed by atoms with E-state index in [1.807, 2.05) is 17.5 Å². The zero-order valence-electron chi connectivity index (χ0n) is 11.0. The van der Waals surface area contributed by atoms with Crippen LogP contribution in [0.2, 0.25) is 0 Å². The number of oxazole rings is 1. The van der Waals surface area contributed by atoms with E-state index in [4.69, 9.17) is 4.42 Å². The van der Waals surface area contributed by atoms with Gasteiger partial charge >= 0.3 is 0 Å². The smallest absolute Gasteiger partial charge is 0.239 e. The first kappa shape index (κ1) is 14.3. The summed E-state index contributed by atoms with van der Waals surface area (Å²) < 4.78 is 5.34. The molecule has 2 heterocycles. The molecule has 7 heteroatoms. The minimum absolute atomic E-state index is 0.0255. The van der Waals surface area contributed by atoms with Gasteiger partial charge in [0.2, 0.25) is 17.7 Å². The van der Waals surface area contributed by atoms with E-state index in [0.29, 0.717) is 18.0 Å². The van der Waals surface area contributed by atoms with E-state index in [1.165, 1.54) is 17.6 Å². The Morgan fingerprint density at radius 3 is 2.90 bits per heavy atom. The number of nitrogens with one attached hydrogen (secondary N) is 2. The van der Waals surface area contributed by atoms with Gasteiger partial charge in [-0.15, -0.1) is 11.3 Å². The lowest BCUT2D eigenvalue weighted by Gasteiger charge is -2.04. The molecule has 106 valence electrons. The Morgan fingerprint density at radius 1 is 1.35 bits per heavy atom. The first-order chi connectivity index (χ1) is 9.69. The molecule has 20 heavy (non-hydrogen) atoms. The molecule has 0 saturated carbocycles. The topological polar surface area (TPSA) is 84.2 Å². The van der Waals surface area contributed by atoms with Gasteiger partial charge in [-0.3, -0.25) is 9.59 Å². The normalized spacial score (nSPS) is 10.2. The van der Waals surface area contributed by atoms with Crippen LogP contribution in [-0.4, -0.2) is 23.3 Å². The van der Waals surface area contributed by atoms with Crippen molar-refractivity contribution in [3.63, 3.8) is 0 Å². The van der Waals surface area contributed by atoms with E-state index in [1.54, 1.807) is 6.92 Å². The van der Waals surface area contributed by atoms with Crippen LogP contribution in [0.25, 0.3) is 10.8 Å². The molecule has 0 spiro atoms. The number of carbonyl (C=O) groups is 2.